The van der Waals surface area contributed by atoms with Crippen molar-refractivity contribution in [2.75, 3.05) is 50.2 Å². The molecule has 6 heterocycles. The molecule has 0 bridgehead atoms. The summed E-state index contributed by atoms with van der Waals surface area (Å²) < 4.78 is 12.8. The average molecular weight is 516 g/mol. The van der Waals surface area contributed by atoms with Gasteiger partial charge in [-0.3, -0.25) is 9.69 Å². The van der Waals surface area contributed by atoms with Crippen molar-refractivity contribution in [3.8, 4) is 17.3 Å². The molecular formula is C26H29N9O3. The Morgan fingerprint density at radius 1 is 1.08 bits per heavy atom. The molecule has 4 aromatic rings. The zero-order valence-electron chi connectivity index (χ0n) is 21.5. The number of hydrogen-bond donors (Lipinski definition) is 1. The molecule has 0 unspecified atom stereocenters. The molecule has 38 heavy (non-hydrogen) atoms. The van der Waals surface area contributed by atoms with Gasteiger partial charge in [0.05, 0.1) is 68.0 Å². The fourth-order valence-electron chi connectivity index (χ4n) is 4.69. The van der Waals surface area contributed by atoms with Crippen LogP contribution in [-0.2, 0) is 9.53 Å². The number of imidazole rings is 1. The van der Waals surface area contributed by atoms with Crippen LogP contribution in [0.3, 0.4) is 0 Å². The zero-order valence-corrected chi connectivity index (χ0v) is 21.5. The van der Waals surface area contributed by atoms with Crippen LogP contribution in [-0.4, -0.2) is 86.3 Å². The molecule has 1 N–H and O–H groups in total. The predicted octanol–water partition coefficient (Wildman–Crippen LogP) is 2.66. The summed E-state index contributed by atoms with van der Waals surface area (Å²) in [6.45, 7) is 7.46. The normalized spacial score (nSPS) is 16.7. The smallest absolute Gasteiger partial charge is 0.242 e. The minimum Gasteiger partial charge on any atom is -0.479 e. The van der Waals surface area contributed by atoms with E-state index in [4.69, 9.17) is 9.47 Å². The summed E-state index contributed by atoms with van der Waals surface area (Å²) >= 11 is 0. The Bertz CT molecular complexity index is 1470. The van der Waals surface area contributed by atoms with E-state index >= 15 is 0 Å². The number of nitrogens with zero attached hydrogens (tertiary/aromatic N) is 8. The Kier molecular flexibility index (Phi) is 6.34. The van der Waals surface area contributed by atoms with Gasteiger partial charge in [0.25, 0.3) is 0 Å². The molecule has 1 amide bonds. The number of pyridine rings is 2. The minimum atomic E-state index is 0.0698. The second kappa shape index (κ2) is 9.95. The number of amides is 1. The van der Waals surface area contributed by atoms with Crippen molar-refractivity contribution in [1.29, 1.82) is 0 Å². The second-order valence-electron chi connectivity index (χ2n) is 9.63. The van der Waals surface area contributed by atoms with E-state index in [0.717, 1.165) is 17.7 Å². The molecule has 0 spiro atoms. The van der Waals surface area contributed by atoms with Crippen molar-refractivity contribution >= 4 is 34.4 Å². The highest BCUT2D eigenvalue weighted by Crippen LogP contribution is 2.29. The van der Waals surface area contributed by atoms with Crippen molar-refractivity contribution in [2.45, 2.75) is 25.9 Å². The van der Waals surface area contributed by atoms with E-state index in [-0.39, 0.29) is 11.9 Å². The lowest BCUT2D eigenvalue weighted by molar-refractivity contribution is -0.127. The number of rotatable bonds is 7. The van der Waals surface area contributed by atoms with Crippen LogP contribution in [0.25, 0.3) is 22.4 Å². The second-order valence-corrected chi connectivity index (χ2v) is 9.63. The largest absolute Gasteiger partial charge is 0.479 e. The Morgan fingerprint density at radius 3 is 2.63 bits per heavy atom. The molecule has 12 heteroatoms. The molecule has 2 aliphatic heterocycles. The third kappa shape index (κ3) is 4.52. The Labute approximate surface area is 219 Å². The van der Waals surface area contributed by atoms with Crippen LogP contribution in [0.2, 0.25) is 0 Å². The van der Waals surface area contributed by atoms with Crippen molar-refractivity contribution in [3.05, 3.63) is 43.0 Å². The van der Waals surface area contributed by atoms with Crippen LogP contribution >= 0.6 is 0 Å². The maximum atomic E-state index is 12.7. The number of hydrogen-bond acceptors (Lipinski definition) is 10. The number of carbonyl (C=O) groups excluding carboxylic acids is 1. The van der Waals surface area contributed by atoms with E-state index in [9.17, 15) is 4.79 Å². The first kappa shape index (κ1) is 24.2. The fraction of sp³-hybridized carbons (Fsp3) is 0.385. The van der Waals surface area contributed by atoms with Gasteiger partial charge in [0.1, 0.15) is 5.82 Å². The quantitative estimate of drug-likeness (QED) is 0.393. The molecule has 2 aliphatic rings. The summed E-state index contributed by atoms with van der Waals surface area (Å²) in [7, 11) is 1.58. The third-order valence-electron chi connectivity index (χ3n) is 6.88. The Hall–Kier alpha value is -4.16. The topological polar surface area (TPSA) is 123 Å². The van der Waals surface area contributed by atoms with Crippen LogP contribution in [0, 0.1) is 0 Å². The molecule has 0 aliphatic carbocycles. The standard InChI is InChI=1S/C26H29N9O3/c1-16(2)35-15-29-24-21(35)10-20(30-25(24)37-3)19-6-7-27-26(31-19)32-22-5-4-17(11-28-22)34-9-8-33(12-23(34)36)18-13-38-14-18/h4-7,10-11,15-16,18H,8-9,12-14H2,1-3H3,(H,27,28,31,32). The van der Waals surface area contributed by atoms with Crippen LogP contribution in [0.15, 0.2) is 43.0 Å². The summed E-state index contributed by atoms with van der Waals surface area (Å²) in [4.78, 5) is 39.3. The highest BCUT2D eigenvalue weighted by molar-refractivity contribution is 5.95. The first-order valence-electron chi connectivity index (χ1n) is 12.6. The molecule has 2 saturated heterocycles. The van der Waals surface area contributed by atoms with Crippen LogP contribution in [0.4, 0.5) is 17.5 Å². The van der Waals surface area contributed by atoms with Crippen molar-refractivity contribution in [1.82, 2.24) is 34.4 Å². The van der Waals surface area contributed by atoms with Gasteiger partial charge in [-0.05, 0) is 38.1 Å². The number of fused-ring (bicyclic) bond motifs is 1. The molecule has 0 aromatic carbocycles. The Balaban J connectivity index is 1.19. The molecule has 6 rings (SSSR count). The molecule has 2 fully saturated rings. The van der Waals surface area contributed by atoms with Crippen LogP contribution in [0.1, 0.15) is 19.9 Å². The molecule has 4 aromatic heterocycles. The summed E-state index contributed by atoms with van der Waals surface area (Å²) in [5.41, 5.74) is 3.68. The van der Waals surface area contributed by atoms with Gasteiger partial charge in [-0.2, -0.15) is 0 Å². The van der Waals surface area contributed by atoms with Gasteiger partial charge in [-0.25, -0.2) is 24.9 Å². The number of methoxy groups -OCH3 is 1. The maximum absolute atomic E-state index is 12.7. The van der Waals surface area contributed by atoms with Gasteiger partial charge >= 0.3 is 0 Å². The number of ether oxygens (including phenoxy) is 2. The van der Waals surface area contributed by atoms with E-state index in [0.29, 0.717) is 66.9 Å². The third-order valence-corrected chi connectivity index (χ3v) is 6.88. The summed E-state index contributed by atoms with van der Waals surface area (Å²) in [6.07, 6.45) is 5.16. The summed E-state index contributed by atoms with van der Waals surface area (Å²) in [6, 6.07) is 8.04. The molecular weight excluding hydrogens is 486 g/mol. The van der Waals surface area contributed by atoms with E-state index in [1.165, 1.54) is 0 Å². The van der Waals surface area contributed by atoms with Gasteiger partial charge in [-0.1, -0.05) is 0 Å². The number of nitrogens with one attached hydrogen (secondary N) is 1. The summed E-state index contributed by atoms with van der Waals surface area (Å²) in [5, 5.41) is 3.15. The highest BCUT2D eigenvalue weighted by atomic mass is 16.5. The van der Waals surface area contributed by atoms with E-state index in [2.05, 4.69) is 53.6 Å². The minimum absolute atomic E-state index is 0.0698. The van der Waals surface area contributed by atoms with Gasteiger partial charge < -0.3 is 24.3 Å². The first-order chi connectivity index (χ1) is 18.5. The zero-order chi connectivity index (χ0) is 26.2. The molecule has 196 valence electrons. The lowest BCUT2D eigenvalue weighted by Crippen LogP contribution is -2.58. The van der Waals surface area contributed by atoms with Crippen LogP contribution < -0.4 is 15.0 Å². The van der Waals surface area contributed by atoms with Gasteiger partial charge in [0.2, 0.25) is 17.7 Å². The van der Waals surface area contributed by atoms with Gasteiger partial charge in [0.15, 0.2) is 5.52 Å². The lowest BCUT2D eigenvalue weighted by Gasteiger charge is -2.41. The fourth-order valence-corrected chi connectivity index (χ4v) is 4.69. The van der Waals surface area contributed by atoms with E-state index in [1.54, 1.807) is 36.8 Å². The number of anilines is 3. The summed E-state index contributed by atoms with van der Waals surface area (Å²) in [5.74, 6) is 1.47. The molecule has 0 saturated carbocycles. The lowest BCUT2D eigenvalue weighted by atomic mass is 10.1. The van der Waals surface area contributed by atoms with Gasteiger partial charge in [-0.15, -0.1) is 0 Å². The van der Waals surface area contributed by atoms with E-state index in [1.807, 2.05) is 18.2 Å². The number of piperazine rings is 1. The molecule has 12 nitrogen and oxygen atoms in total. The van der Waals surface area contributed by atoms with E-state index < -0.39 is 0 Å². The maximum Gasteiger partial charge on any atom is 0.242 e. The average Bonchev–Trinajstić information content (AvgIpc) is 3.33. The molecule has 0 atom stereocenters. The highest BCUT2D eigenvalue weighted by Gasteiger charge is 2.33. The van der Waals surface area contributed by atoms with Crippen molar-refractivity contribution < 1.29 is 14.3 Å². The van der Waals surface area contributed by atoms with Crippen molar-refractivity contribution in [3.63, 3.8) is 0 Å². The predicted molar refractivity (Wildman–Crippen MR) is 142 cm³/mol. The molecule has 0 radical (unpaired) electrons. The first-order valence-corrected chi connectivity index (χ1v) is 12.6. The van der Waals surface area contributed by atoms with Gasteiger partial charge in [0, 0.05) is 25.3 Å². The SMILES string of the molecule is COc1nc(-c2ccnc(Nc3ccc(N4CCN(C5COC5)CC4=O)cn3)n2)cc2c1ncn2C(C)C. The van der Waals surface area contributed by atoms with Crippen LogP contribution in [0.5, 0.6) is 5.88 Å². The van der Waals surface area contributed by atoms with Crippen molar-refractivity contribution in [2.24, 2.45) is 0 Å². The number of carbonyl (C=O) groups is 1. The number of aromatic nitrogens is 6. The monoisotopic (exact) mass is 515 g/mol. The Morgan fingerprint density at radius 2 is 1.95 bits per heavy atom.